The summed E-state index contributed by atoms with van der Waals surface area (Å²) in [6.45, 7) is 3.09. The molecule has 0 atom stereocenters. The lowest BCUT2D eigenvalue weighted by Gasteiger charge is -2.16. The smallest absolute Gasteiger partial charge is 0.222 e. The molecule has 1 amide bonds. The van der Waals surface area contributed by atoms with Crippen molar-refractivity contribution < 1.29 is 13.2 Å². The van der Waals surface area contributed by atoms with Crippen molar-refractivity contribution in [2.45, 2.75) is 25.8 Å². The highest BCUT2D eigenvalue weighted by Crippen LogP contribution is 2.00. The topological polar surface area (TPSA) is 87.0 Å². The number of rotatable bonds is 4. The summed E-state index contributed by atoms with van der Waals surface area (Å²) in [5, 5.41) is 11.0. The minimum Gasteiger partial charge on any atom is -0.338 e. The van der Waals surface area contributed by atoms with Gasteiger partial charge in [0.05, 0.1) is 11.8 Å². The van der Waals surface area contributed by atoms with Gasteiger partial charge in [-0.05, 0) is 13.8 Å². The van der Waals surface area contributed by atoms with E-state index in [1.807, 2.05) is 6.07 Å². The average molecular weight is 218 g/mol. The van der Waals surface area contributed by atoms with Crippen LogP contribution in [0.25, 0.3) is 0 Å². The Kier molecular flexibility index (Phi) is 4.08. The van der Waals surface area contributed by atoms with Crippen LogP contribution in [0.1, 0.15) is 20.3 Å². The van der Waals surface area contributed by atoms with E-state index in [9.17, 15) is 13.2 Å². The summed E-state index contributed by atoms with van der Waals surface area (Å²) in [6.07, 6.45) is 0.958. The Morgan fingerprint density at radius 1 is 1.50 bits per heavy atom. The first-order valence-electron chi connectivity index (χ1n) is 4.06. The molecule has 0 spiro atoms. The number of nitrogens with zero attached hydrogens (tertiary/aromatic N) is 1. The second-order valence-electron chi connectivity index (χ2n) is 3.66. The third kappa shape index (κ3) is 6.43. The Labute approximate surface area is 84.0 Å². The standard InChI is InChI=1S/C8H14N2O3S/c1-8(2,6-9)10-7(11)4-5-14(3,12)13/h4-5H2,1-3H3,(H,10,11). The highest BCUT2D eigenvalue weighted by atomic mass is 32.2. The molecule has 0 aliphatic heterocycles. The summed E-state index contributed by atoms with van der Waals surface area (Å²) in [5.74, 6) is -0.623. The molecule has 0 saturated heterocycles. The largest absolute Gasteiger partial charge is 0.338 e. The minimum atomic E-state index is -3.13. The average Bonchev–Trinajstić information content (AvgIpc) is 1.99. The third-order valence-corrected chi connectivity index (χ3v) is 2.38. The van der Waals surface area contributed by atoms with Crippen molar-refractivity contribution >= 4 is 15.7 Å². The summed E-state index contributed by atoms with van der Waals surface area (Å²) in [7, 11) is -3.13. The summed E-state index contributed by atoms with van der Waals surface area (Å²) in [5.41, 5.74) is -0.950. The Balaban J connectivity index is 4.09. The van der Waals surface area contributed by atoms with Crippen LogP contribution in [0.15, 0.2) is 0 Å². The van der Waals surface area contributed by atoms with E-state index in [2.05, 4.69) is 5.32 Å². The van der Waals surface area contributed by atoms with E-state index in [0.29, 0.717) is 0 Å². The van der Waals surface area contributed by atoms with Crippen LogP contribution < -0.4 is 5.32 Å². The maximum atomic E-state index is 11.1. The normalized spacial score (nSPS) is 11.9. The second kappa shape index (κ2) is 4.42. The zero-order valence-electron chi connectivity index (χ0n) is 8.49. The SMILES string of the molecule is CC(C)(C#N)NC(=O)CCS(C)(=O)=O. The highest BCUT2D eigenvalue weighted by Gasteiger charge is 2.19. The molecule has 0 aromatic carbocycles. The van der Waals surface area contributed by atoms with E-state index >= 15 is 0 Å². The fraction of sp³-hybridized carbons (Fsp3) is 0.750. The lowest BCUT2D eigenvalue weighted by Crippen LogP contribution is -2.42. The molecule has 0 rings (SSSR count). The number of amides is 1. The molecule has 0 aromatic heterocycles. The molecule has 0 saturated carbocycles. The molecule has 0 aromatic rings. The first kappa shape index (κ1) is 12.9. The number of hydrogen-bond acceptors (Lipinski definition) is 4. The molecule has 14 heavy (non-hydrogen) atoms. The fourth-order valence-corrected chi connectivity index (χ4v) is 1.27. The van der Waals surface area contributed by atoms with Crippen LogP contribution in [0.2, 0.25) is 0 Å². The third-order valence-electron chi connectivity index (χ3n) is 1.43. The molecule has 0 bridgehead atoms. The van der Waals surface area contributed by atoms with Crippen LogP contribution in [0, 0.1) is 11.3 Å². The molecule has 0 heterocycles. The molecule has 1 N–H and O–H groups in total. The van der Waals surface area contributed by atoms with Gasteiger partial charge in [0.2, 0.25) is 5.91 Å². The molecule has 0 fully saturated rings. The zero-order chi connectivity index (χ0) is 11.4. The first-order valence-corrected chi connectivity index (χ1v) is 6.12. The van der Waals surface area contributed by atoms with E-state index in [-0.39, 0.29) is 12.2 Å². The quantitative estimate of drug-likeness (QED) is 0.710. The first-order chi connectivity index (χ1) is 6.16. The molecular formula is C8H14N2O3S. The maximum absolute atomic E-state index is 11.1. The van der Waals surface area contributed by atoms with Crippen molar-refractivity contribution in [3.63, 3.8) is 0 Å². The van der Waals surface area contributed by atoms with Crippen molar-refractivity contribution in [3.8, 4) is 6.07 Å². The van der Waals surface area contributed by atoms with Crippen molar-refractivity contribution in [2.24, 2.45) is 0 Å². The molecular weight excluding hydrogens is 204 g/mol. The van der Waals surface area contributed by atoms with Crippen LogP contribution in [0.4, 0.5) is 0 Å². The summed E-state index contributed by atoms with van der Waals surface area (Å²) in [6, 6.07) is 1.89. The fourth-order valence-electron chi connectivity index (χ4n) is 0.717. The molecule has 0 aliphatic carbocycles. The van der Waals surface area contributed by atoms with Gasteiger partial charge < -0.3 is 5.32 Å². The number of hydrogen-bond donors (Lipinski definition) is 1. The van der Waals surface area contributed by atoms with Crippen LogP contribution in [-0.4, -0.2) is 31.9 Å². The lowest BCUT2D eigenvalue weighted by molar-refractivity contribution is -0.121. The van der Waals surface area contributed by atoms with E-state index < -0.39 is 21.3 Å². The van der Waals surface area contributed by atoms with Crippen LogP contribution in [-0.2, 0) is 14.6 Å². The Morgan fingerprint density at radius 3 is 2.36 bits per heavy atom. The number of sulfone groups is 1. The van der Waals surface area contributed by atoms with Gasteiger partial charge in [0, 0.05) is 12.7 Å². The van der Waals surface area contributed by atoms with E-state index in [0.717, 1.165) is 6.26 Å². The summed E-state index contributed by atoms with van der Waals surface area (Å²) < 4.78 is 21.5. The Morgan fingerprint density at radius 2 is 2.00 bits per heavy atom. The van der Waals surface area contributed by atoms with Crippen molar-refractivity contribution in [1.82, 2.24) is 5.32 Å². The second-order valence-corrected chi connectivity index (χ2v) is 5.92. The van der Waals surface area contributed by atoms with Crippen molar-refractivity contribution in [2.75, 3.05) is 12.0 Å². The van der Waals surface area contributed by atoms with Crippen molar-refractivity contribution in [3.05, 3.63) is 0 Å². The number of carbonyl (C=O) groups is 1. The van der Waals surface area contributed by atoms with Crippen molar-refractivity contribution in [1.29, 1.82) is 5.26 Å². The molecule has 0 unspecified atom stereocenters. The monoisotopic (exact) mass is 218 g/mol. The maximum Gasteiger partial charge on any atom is 0.222 e. The van der Waals surface area contributed by atoms with Gasteiger partial charge in [-0.2, -0.15) is 5.26 Å². The Hall–Kier alpha value is -1.09. The molecule has 6 heteroatoms. The van der Waals surface area contributed by atoms with Gasteiger partial charge >= 0.3 is 0 Å². The van der Waals surface area contributed by atoms with Crippen LogP contribution in [0.3, 0.4) is 0 Å². The Bertz CT molecular complexity index is 351. The van der Waals surface area contributed by atoms with E-state index in [1.165, 1.54) is 0 Å². The molecule has 0 radical (unpaired) electrons. The zero-order valence-corrected chi connectivity index (χ0v) is 9.31. The van der Waals surface area contributed by atoms with Gasteiger partial charge in [-0.1, -0.05) is 0 Å². The van der Waals surface area contributed by atoms with E-state index in [4.69, 9.17) is 5.26 Å². The molecule has 0 aliphatic rings. The number of nitriles is 1. The predicted molar refractivity (Wildman–Crippen MR) is 52.2 cm³/mol. The van der Waals surface area contributed by atoms with Gasteiger partial charge in [0.15, 0.2) is 0 Å². The highest BCUT2D eigenvalue weighted by molar-refractivity contribution is 7.90. The summed E-state index contributed by atoms with van der Waals surface area (Å²) in [4.78, 5) is 11.1. The van der Waals surface area contributed by atoms with Crippen LogP contribution in [0.5, 0.6) is 0 Å². The number of carbonyl (C=O) groups excluding carboxylic acids is 1. The van der Waals surface area contributed by atoms with Gasteiger partial charge in [0.1, 0.15) is 15.4 Å². The van der Waals surface area contributed by atoms with Gasteiger partial charge in [0.25, 0.3) is 0 Å². The van der Waals surface area contributed by atoms with Crippen LogP contribution >= 0.6 is 0 Å². The minimum absolute atomic E-state index is 0.107. The molecule has 80 valence electrons. The predicted octanol–water partition coefficient (Wildman–Crippen LogP) is -0.161. The molecule has 5 nitrogen and oxygen atoms in total. The van der Waals surface area contributed by atoms with Gasteiger partial charge in [-0.25, -0.2) is 8.42 Å². The summed E-state index contributed by atoms with van der Waals surface area (Å²) >= 11 is 0. The van der Waals surface area contributed by atoms with Gasteiger partial charge in [-0.15, -0.1) is 0 Å². The lowest BCUT2D eigenvalue weighted by atomic mass is 10.1. The van der Waals surface area contributed by atoms with E-state index in [1.54, 1.807) is 13.8 Å². The number of nitrogens with one attached hydrogen (secondary N) is 1. The van der Waals surface area contributed by atoms with Gasteiger partial charge in [-0.3, -0.25) is 4.79 Å².